The monoisotopic (exact) mass is 249 g/mol. The number of carbonyl (C=O) groups is 2. The Balaban J connectivity index is 3.28. The van der Waals surface area contributed by atoms with Crippen LogP contribution in [0.1, 0.15) is 0 Å². The minimum atomic E-state index is -0.548. The third-order valence-corrected chi connectivity index (χ3v) is 1.92. The Morgan fingerprint density at radius 2 is 1.79 bits per heavy atom. The third kappa shape index (κ3) is 8.08. The molecule has 14 heavy (non-hydrogen) atoms. The van der Waals surface area contributed by atoms with E-state index in [1.54, 1.807) is 20.5 Å². The number of hydrogen-bond donors (Lipinski definition) is 2. The number of nitrogens with one attached hydrogen (secondary N) is 2. The van der Waals surface area contributed by atoms with Crippen LogP contribution in [0, 0.1) is 0 Å². The van der Waals surface area contributed by atoms with Gasteiger partial charge < -0.3 is 19.8 Å². The molecule has 0 fully saturated rings. The quantitative estimate of drug-likeness (QED) is 0.328. The SMILES string of the molecule is O=C(NC[SiH2])O[B]POC(=O)NC[SiH2]. The molecule has 0 bridgehead atoms. The molecule has 0 spiro atoms. The Morgan fingerprint density at radius 3 is 2.36 bits per heavy atom. The second-order valence-electron chi connectivity index (χ2n) is 1.88. The summed E-state index contributed by atoms with van der Waals surface area (Å²) in [6, 6.07) is 0. The molecular formula is C4H11BN2O4PSi2. The Labute approximate surface area is 90.8 Å². The molecule has 0 aliphatic rings. The zero-order valence-corrected chi connectivity index (χ0v) is 11.4. The number of amides is 2. The topological polar surface area (TPSA) is 76.7 Å². The average molecular weight is 249 g/mol. The maximum atomic E-state index is 10.7. The smallest absolute Gasteiger partial charge is 0.449 e. The van der Waals surface area contributed by atoms with Crippen molar-refractivity contribution in [2.45, 2.75) is 0 Å². The van der Waals surface area contributed by atoms with Crippen molar-refractivity contribution in [3.8, 4) is 0 Å². The van der Waals surface area contributed by atoms with E-state index in [1.165, 1.54) is 0 Å². The second-order valence-corrected chi connectivity index (χ2v) is 3.56. The third-order valence-electron chi connectivity index (χ3n) is 0.904. The molecule has 1 atom stereocenters. The van der Waals surface area contributed by atoms with Crippen LogP contribution in [0.2, 0.25) is 0 Å². The fourth-order valence-corrected chi connectivity index (χ4v) is 1.23. The van der Waals surface area contributed by atoms with E-state index in [0.29, 0.717) is 12.3 Å². The van der Waals surface area contributed by atoms with Crippen LogP contribution >= 0.6 is 8.69 Å². The van der Waals surface area contributed by atoms with E-state index < -0.39 is 12.2 Å². The van der Waals surface area contributed by atoms with Gasteiger partial charge in [-0.25, -0.2) is 9.59 Å². The van der Waals surface area contributed by atoms with Gasteiger partial charge in [-0.1, -0.05) is 0 Å². The van der Waals surface area contributed by atoms with E-state index in [2.05, 4.69) is 19.8 Å². The fraction of sp³-hybridized carbons (Fsp3) is 0.500. The Hall–Kier alpha value is -0.531. The number of carbonyl (C=O) groups excluding carboxylic acids is 2. The summed E-state index contributed by atoms with van der Waals surface area (Å²) < 4.78 is 9.18. The molecule has 2 N–H and O–H groups in total. The van der Waals surface area contributed by atoms with Gasteiger partial charge in [0.1, 0.15) is 0 Å². The van der Waals surface area contributed by atoms with Gasteiger partial charge in [0, 0.05) is 32.8 Å². The van der Waals surface area contributed by atoms with Gasteiger partial charge in [0.25, 0.3) is 0 Å². The van der Waals surface area contributed by atoms with Crippen molar-refractivity contribution in [3.63, 3.8) is 0 Å². The van der Waals surface area contributed by atoms with E-state index in [-0.39, 0.29) is 8.69 Å². The van der Waals surface area contributed by atoms with Crippen molar-refractivity contribution < 1.29 is 18.8 Å². The van der Waals surface area contributed by atoms with Gasteiger partial charge in [0.15, 0.2) is 0 Å². The van der Waals surface area contributed by atoms with Crippen molar-refractivity contribution >= 4 is 48.6 Å². The molecule has 1 unspecified atom stereocenters. The van der Waals surface area contributed by atoms with E-state index in [9.17, 15) is 9.59 Å². The van der Waals surface area contributed by atoms with Gasteiger partial charge in [0.05, 0.1) is 8.69 Å². The summed E-state index contributed by atoms with van der Waals surface area (Å²) in [6.45, 7) is 0. The average Bonchev–Trinajstić information content (AvgIpc) is 2.13. The van der Waals surface area contributed by atoms with Gasteiger partial charge >= 0.3 is 19.4 Å². The highest BCUT2D eigenvalue weighted by atomic mass is 31.1. The van der Waals surface area contributed by atoms with Gasteiger partial charge in [0.2, 0.25) is 0 Å². The molecule has 6 nitrogen and oxygen atoms in total. The summed E-state index contributed by atoms with van der Waals surface area (Å²) >= 11 is 0. The first-order chi connectivity index (χ1) is 6.70. The molecular weight excluding hydrogens is 238 g/mol. The van der Waals surface area contributed by atoms with Crippen LogP contribution in [0.4, 0.5) is 9.59 Å². The normalized spacial score (nSPS) is 9.57. The lowest BCUT2D eigenvalue weighted by atomic mass is 10.5. The Kier molecular flexibility index (Phi) is 8.70. The van der Waals surface area contributed by atoms with Crippen molar-refractivity contribution in [2.24, 2.45) is 0 Å². The predicted molar refractivity (Wildman–Crippen MR) is 60.1 cm³/mol. The van der Waals surface area contributed by atoms with Crippen molar-refractivity contribution in [3.05, 3.63) is 0 Å². The molecule has 0 aromatic heterocycles. The van der Waals surface area contributed by atoms with Crippen molar-refractivity contribution in [2.75, 3.05) is 12.3 Å². The minimum absolute atomic E-state index is 0.295. The lowest BCUT2D eigenvalue weighted by Crippen LogP contribution is -2.26. The summed E-state index contributed by atoms with van der Waals surface area (Å²) in [5.41, 5.74) is 0. The number of rotatable bonds is 5. The molecule has 0 aromatic carbocycles. The molecule has 0 aliphatic heterocycles. The molecule has 0 saturated carbocycles. The lowest BCUT2D eigenvalue weighted by molar-refractivity contribution is 0.203. The standard InChI is InChI=1S/C4H11BN2O4PSi2/c8-3(6-1-13)10-5-12-11-4(9)7-2-14/h12H,1-2,13-14H2,(H,6,8)(H,7,9). The molecule has 3 radical (unpaired) electrons. The molecule has 0 aliphatic carbocycles. The van der Waals surface area contributed by atoms with Crippen LogP contribution in [0.25, 0.3) is 0 Å². The second kappa shape index (κ2) is 9.04. The van der Waals surface area contributed by atoms with Gasteiger partial charge in [-0.15, -0.1) is 0 Å². The van der Waals surface area contributed by atoms with Crippen LogP contribution in [0.3, 0.4) is 0 Å². The van der Waals surface area contributed by atoms with Gasteiger partial charge in [-0.05, 0) is 0 Å². The predicted octanol–water partition coefficient (Wildman–Crippen LogP) is -2.25. The van der Waals surface area contributed by atoms with Crippen LogP contribution in [-0.4, -0.2) is 52.2 Å². The van der Waals surface area contributed by atoms with E-state index >= 15 is 0 Å². The van der Waals surface area contributed by atoms with E-state index in [1.807, 2.05) is 0 Å². The summed E-state index contributed by atoms with van der Waals surface area (Å²) in [6.07, 6.45) is -0.0148. The fourth-order valence-electron chi connectivity index (χ4n) is 0.437. The largest absolute Gasteiger partial charge is 0.514 e. The Bertz CT molecular complexity index is 178. The molecule has 0 heterocycles. The van der Waals surface area contributed by atoms with Gasteiger partial charge in [-0.2, -0.15) is 0 Å². The summed E-state index contributed by atoms with van der Waals surface area (Å²) in [5.74, 6) is 0. The molecule has 0 saturated heterocycles. The minimum Gasteiger partial charge on any atom is -0.514 e. The molecule has 10 heteroatoms. The highest BCUT2D eigenvalue weighted by molar-refractivity contribution is 7.66. The highest BCUT2D eigenvalue weighted by Gasteiger charge is 2.05. The van der Waals surface area contributed by atoms with Crippen molar-refractivity contribution in [1.29, 1.82) is 0 Å². The first-order valence-electron chi connectivity index (χ1n) is 3.75. The maximum Gasteiger partial charge on any atom is 0.449 e. The Morgan fingerprint density at radius 1 is 1.21 bits per heavy atom. The first-order valence-corrected chi connectivity index (χ1v) is 6.74. The van der Waals surface area contributed by atoms with Gasteiger partial charge in [-0.3, -0.25) is 0 Å². The zero-order chi connectivity index (χ0) is 10.8. The van der Waals surface area contributed by atoms with Crippen molar-refractivity contribution in [1.82, 2.24) is 10.6 Å². The molecule has 2 amide bonds. The number of hydrogen-bond acceptors (Lipinski definition) is 4. The zero-order valence-electron chi connectivity index (χ0n) is 7.54. The molecule has 77 valence electrons. The van der Waals surface area contributed by atoms with Crippen LogP contribution in [-0.2, 0) is 9.18 Å². The lowest BCUT2D eigenvalue weighted by Gasteiger charge is -2.04. The van der Waals surface area contributed by atoms with Crippen LogP contribution in [0.5, 0.6) is 0 Å². The summed E-state index contributed by atoms with van der Waals surface area (Å²) in [5, 5.41) is 4.87. The first kappa shape index (κ1) is 13.5. The summed E-state index contributed by atoms with van der Waals surface area (Å²) in [7, 11) is 4.04. The molecule has 0 aromatic rings. The van der Waals surface area contributed by atoms with E-state index in [0.717, 1.165) is 7.20 Å². The molecule has 0 rings (SSSR count). The van der Waals surface area contributed by atoms with Crippen LogP contribution in [0.15, 0.2) is 0 Å². The maximum absolute atomic E-state index is 10.7. The van der Waals surface area contributed by atoms with Crippen LogP contribution < -0.4 is 10.6 Å². The highest BCUT2D eigenvalue weighted by Crippen LogP contribution is 2.08. The summed E-state index contributed by atoms with van der Waals surface area (Å²) in [4.78, 5) is 21.4. The van der Waals surface area contributed by atoms with E-state index in [4.69, 9.17) is 0 Å².